The van der Waals surface area contributed by atoms with Crippen LogP contribution in [-0.4, -0.2) is 15.5 Å². The molecule has 0 aliphatic rings. The van der Waals surface area contributed by atoms with Crippen molar-refractivity contribution in [2.75, 3.05) is 10.6 Å². The molecule has 28 heavy (non-hydrogen) atoms. The Hall–Kier alpha value is -3.87. The maximum atomic E-state index is 13.0. The highest BCUT2D eigenvalue weighted by molar-refractivity contribution is 5.91. The summed E-state index contributed by atoms with van der Waals surface area (Å²) in [5.74, 6) is 0.981. The Bertz CT molecular complexity index is 1090. The number of rotatable bonds is 5. The molecular formula is C21H17FN4O2. The lowest BCUT2D eigenvalue weighted by atomic mass is 10.2. The second kappa shape index (κ2) is 7.79. The first kappa shape index (κ1) is 17.5. The van der Waals surface area contributed by atoms with E-state index >= 15 is 0 Å². The number of halogens is 1. The van der Waals surface area contributed by atoms with E-state index in [1.807, 2.05) is 16.5 Å². The number of carbonyl (C=O) groups excluding carboxylic acids is 1. The van der Waals surface area contributed by atoms with Crippen molar-refractivity contribution in [1.29, 1.82) is 0 Å². The van der Waals surface area contributed by atoms with E-state index in [0.717, 1.165) is 11.4 Å². The average Bonchev–Trinajstić information content (AvgIpc) is 3.20. The van der Waals surface area contributed by atoms with Crippen molar-refractivity contribution in [2.45, 2.75) is 6.54 Å². The molecule has 0 radical (unpaired) electrons. The SMILES string of the molecule is O=C(Nc1ccc(NCc2ccc(F)cc2)n2ccnc12)Oc1ccccc1. The molecular weight excluding hydrogens is 359 g/mol. The summed E-state index contributed by atoms with van der Waals surface area (Å²) >= 11 is 0. The average molecular weight is 376 g/mol. The number of hydrogen-bond donors (Lipinski definition) is 2. The van der Waals surface area contributed by atoms with Crippen LogP contribution in [0.3, 0.4) is 0 Å². The lowest BCUT2D eigenvalue weighted by Crippen LogP contribution is -2.17. The topological polar surface area (TPSA) is 67.7 Å². The Kier molecular flexibility index (Phi) is 4.88. The predicted octanol–water partition coefficient (Wildman–Crippen LogP) is 4.70. The van der Waals surface area contributed by atoms with E-state index in [-0.39, 0.29) is 5.82 Å². The monoisotopic (exact) mass is 376 g/mol. The molecule has 0 aliphatic heterocycles. The molecule has 2 aromatic carbocycles. The van der Waals surface area contributed by atoms with Crippen LogP contribution in [0.4, 0.5) is 20.7 Å². The van der Waals surface area contributed by atoms with Crippen molar-refractivity contribution >= 4 is 23.2 Å². The number of carbonyl (C=O) groups is 1. The molecule has 2 aromatic heterocycles. The van der Waals surface area contributed by atoms with Crippen LogP contribution in [0.2, 0.25) is 0 Å². The van der Waals surface area contributed by atoms with Gasteiger partial charge in [-0.15, -0.1) is 0 Å². The largest absolute Gasteiger partial charge is 0.417 e. The summed E-state index contributed by atoms with van der Waals surface area (Å²) in [5.41, 5.74) is 2.05. The molecule has 1 amide bonds. The lowest BCUT2D eigenvalue weighted by Gasteiger charge is -2.12. The van der Waals surface area contributed by atoms with Gasteiger partial charge in [0.1, 0.15) is 17.4 Å². The summed E-state index contributed by atoms with van der Waals surface area (Å²) in [6, 6.07) is 18.7. The van der Waals surface area contributed by atoms with Gasteiger partial charge in [-0.25, -0.2) is 14.2 Å². The third kappa shape index (κ3) is 3.93. The van der Waals surface area contributed by atoms with Crippen LogP contribution in [0.25, 0.3) is 5.65 Å². The Morgan fingerprint density at radius 2 is 1.82 bits per heavy atom. The van der Waals surface area contributed by atoms with Gasteiger partial charge in [0.25, 0.3) is 0 Å². The quantitative estimate of drug-likeness (QED) is 0.530. The van der Waals surface area contributed by atoms with Gasteiger partial charge in [0, 0.05) is 18.9 Å². The molecule has 0 fully saturated rings. The van der Waals surface area contributed by atoms with Gasteiger partial charge in [0.05, 0.1) is 5.69 Å². The first-order valence-electron chi connectivity index (χ1n) is 8.67. The van der Waals surface area contributed by atoms with Gasteiger partial charge in [-0.05, 0) is 42.0 Å². The van der Waals surface area contributed by atoms with E-state index < -0.39 is 6.09 Å². The smallest absolute Gasteiger partial charge is 0.410 e. The Morgan fingerprint density at radius 3 is 2.61 bits per heavy atom. The summed E-state index contributed by atoms with van der Waals surface area (Å²) in [7, 11) is 0. The normalized spacial score (nSPS) is 10.6. The second-order valence-corrected chi connectivity index (χ2v) is 6.06. The highest BCUT2D eigenvalue weighted by Gasteiger charge is 2.11. The van der Waals surface area contributed by atoms with Gasteiger partial charge in [-0.3, -0.25) is 9.72 Å². The highest BCUT2D eigenvalue weighted by Crippen LogP contribution is 2.22. The van der Waals surface area contributed by atoms with Crippen LogP contribution in [0.1, 0.15) is 5.56 Å². The second-order valence-electron chi connectivity index (χ2n) is 6.06. The molecule has 0 bridgehead atoms. The van der Waals surface area contributed by atoms with Crippen molar-refractivity contribution in [3.63, 3.8) is 0 Å². The van der Waals surface area contributed by atoms with Gasteiger partial charge in [0.2, 0.25) is 0 Å². The Balaban J connectivity index is 1.49. The maximum absolute atomic E-state index is 13.0. The lowest BCUT2D eigenvalue weighted by molar-refractivity contribution is 0.215. The molecule has 4 rings (SSSR count). The molecule has 0 saturated carbocycles. The minimum atomic E-state index is -0.594. The first-order chi connectivity index (χ1) is 13.7. The van der Waals surface area contributed by atoms with Gasteiger partial charge in [0.15, 0.2) is 5.65 Å². The van der Waals surface area contributed by atoms with Crippen LogP contribution >= 0.6 is 0 Å². The van der Waals surface area contributed by atoms with Gasteiger partial charge in [-0.2, -0.15) is 0 Å². The summed E-state index contributed by atoms with van der Waals surface area (Å²) < 4.78 is 20.1. The number of nitrogens with one attached hydrogen (secondary N) is 2. The fourth-order valence-electron chi connectivity index (χ4n) is 2.78. The molecule has 7 heteroatoms. The summed E-state index contributed by atoms with van der Waals surface area (Å²) in [4.78, 5) is 16.5. The summed E-state index contributed by atoms with van der Waals surface area (Å²) in [6.07, 6.45) is 2.84. The number of fused-ring (bicyclic) bond motifs is 1. The van der Waals surface area contributed by atoms with Gasteiger partial charge >= 0.3 is 6.09 Å². The molecule has 0 aliphatic carbocycles. The summed E-state index contributed by atoms with van der Waals surface area (Å²) in [6.45, 7) is 0.524. The van der Waals surface area contributed by atoms with Crippen LogP contribution in [0, 0.1) is 5.82 Å². The third-order valence-corrected chi connectivity index (χ3v) is 4.13. The highest BCUT2D eigenvalue weighted by atomic mass is 19.1. The number of hydrogen-bond acceptors (Lipinski definition) is 4. The maximum Gasteiger partial charge on any atom is 0.417 e. The van der Waals surface area contributed by atoms with Crippen molar-refractivity contribution in [1.82, 2.24) is 9.38 Å². The zero-order valence-corrected chi connectivity index (χ0v) is 14.8. The van der Waals surface area contributed by atoms with Crippen molar-refractivity contribution in [3.8, 4) is 5.75 Å². The third-order valence-electron chi connectivity index (χ3n) is 4.13. The van der Waals surface area contributed by atoms with Crippen molar-refractivity contribution in [3.05, 3.63) is 90.5 Å². The molecule has 2 heterocycles. The van der Waals surface area contributed by atoms with E-state index in [0.29, 0.717) is 23.6 Å². The number of benzene rings is 2. The van der Waals surface area contributed by atoms with Crippen LogP contribution in [0.15, 0.2) is 79.1 Å². The van der Waals surface area contributed by atoms with Crippen LogP contribution < -0.4 is 15.4 Å². The number of ether oxygens (including phenoxy) is 1. The van der Waals surface area contributed by atoms with E-state index in [4.69, 9.17) is 4.74 Å². The summed E-state index contributed by atoms with van der Waals surface area (Å²) in [5, 5.41) is 6.00. The molecule has 0 spiro atoms. The van der Waals surface area contributed by atoms with Crippen LogP contribution in [0.5, 0.6) is 5.75 Å². The number of nitrogens with zero attached hydrogens (tertiary/aromatic N) is 2. The number of amides is 1. The van der Waals surface area contributed by atoms with E-state index in [1.54, 1.807) is 54.9 Å². The standard InChI is InChI=1S/C21H17FN4O2/c22-16-8-6-15(7-9-16)14-24-19-11-10-18(20-23-12-13-26(19)20)25-21(27)28-17-4-2-1-3-5-17/h1-13,24H,14H2,(H,25,27). The zero-order chi connectivity index (χ0) is 19.3. The molecule has 140 valence electrons. The molecule has 0 unspecified atom stereocenters. The van der Waals surface area contributed by atoms with Crippen molar-refractivity contribution in [2.24, 2.45) is 0 Å². The molecule has 6 nitrogen and oxygen atoms in total. The Morgan fingerprint density at radius 1 is 1.04 bits per heavy atom. The van der Waals surface area contributed by atoms with E-state index in [1.165, 1.54) is 12.1 Å². The van der Waals surface area contributed by atoms with Gasteiger partial charge < -0.3 is 10.1 Å². The first-order valence-corrected chi connectivity index (χ1v) is 8.67. The number of para-hydroxylation sites is 1. The molecule has 2 N–H and O–H groups in total. The zero-order valence-electron chi connectivity index (χ0n) is 14.8. The predicted molar refractivity (Wildman–Crippen MR) is 105 cm³/mol. The minimum absolute atomic E-state index is 0.265. The number of imidazole rings is 1. The Labute approximate surface area is 160 Å². The number of anilines is 2. The molecule has 0 saturated heterocycles. The van der Waals surface area contributed by atoms with E-state index in [9.17, 15) is 9.18 Å². The van der Waals surface area contributed by atoms with Crippen LogP contribution in [-0.2, 0) is 6.54 Å². The fraction of sp³-hybridized carbons (Fsp3) is 0.0476. The number of aromatic nitrogens is 2. The fourth-order valence-corrected chi connectivity index (χ4v) is 2.78. The van der Waals surface area contributed by atoms with Gasteiger partial charge in [-0.1, -0.05) is 30.3 Å². The molecule has 4 aromatic rings. The number of pyridine rings is 1. The minimum Gasteiger partial charge on any atom is -0.410 e. The van der Waals surface area contributed by atoms with E-state index in [2.05, 4.69) is 15.6 Å². The molecule has 0 atom stereocenters. The van der Waals surface area contributed by atoms with Crippen molar-refractivity contribution < 1.29 is 13.9 Å².